The number of nitrogens with zero attached hydrogens (tertiary/aromatic N) is 3. The lowest BCUT2D eigenvalue weighted by molar-refractivity contribution is 0.00950. The zero-order chi connectivity index (χ0) is 18.4. The number of pyridine rings is 1. The first kappa shape index (κ1) is 18.9. The van der Waals surface area contributed by atoms with Crippen LogP contribution in [0.4, 0.5) is 4.79 Å². The molecule has 0 radical (unpaired) electrons. The molecule has 0 saturated carbocycles. The summed E-state index contributed by atoms with van der Waals surface area (Å²) in [7, 11) is 1.68. The summed E-state index contributed by atoms with van der Waals surface area (Å²) >= 11 is 0. The molecule has 2 amide bonds. The Labute approximate surface area is 148 Å². The molecule has 2 N–H and O–H groups in total. The van der Waals surface area contributed by atoms with Gasteiger partial charge in [-0.3, -0.25) is 4.57 Å². The molecular weight excluding hydrogens is 318 g/mol. The van der Waals surface area contributed by atoms with E-state index in [-0.39, 0.29) is 17.7 Å². The zero-order valence-electron chi connectivity index (χ0n) is 15.5. The van der Waals surface area contributed by atoms with Gasteiger partial charge in [0.1, 0.15) is 11.6 Å². The maximum atomic E-state index is 12.2. The van der Waals surface area contributed by atoms with Gasteiger partial charge in [0.05, 0.1) is 5.60 Å². The van der Waals surface area contributed by atoms with Crippen LogP contribution >= 0.6 is 0 Å². The number of ether oxygens (including phenoxy) is 1. The average molecular weight is 345 g/mol. The third kappa shape index (κ3) is 5.29. The molecule has 1 unspecified atom stereocenters. The van der Waals surface area contributed by atoms with E-state index < -0.39 is 0 Å². The Bertz CT molecular complexity index is 711. The van der Waals surface area contributed by atoms with Crippen LogP contribution in [0.2, 0.25) is 0 Å². The molecule has 25 heavy (non-hydrogen) atoms. The van der Waals surface area contributed by atoms with Crippen LogP contribution in [0.15, 0.2) is 30.7 Å². The number of imidazole rings is 1. The minimum atomic E-state index is -0.276. The number of nitrogens with one attached hydrogen (secondary N) is 2. The highest BCUT2D eigenvalue weighted by atomic mass is 16.5. The molecule has 0 aromatic carbocycles. The predicted octanol–water partition coefficient (Wildman–Crippen LogP) is 2.58. The summed E-state index contributed by atoms with van der Waals surface area (Å²) in [6, 6.07) is 3.59. The highest BCUT2D eigenvalue weighted by molar-refractivity contribution is 5.74. The van der Waals surface area contributed by atoms with E-state index >= 15 is 0 Å². The van der Waals surface area contributed by atoms with Gasteiger partial charge in [-0.1, -0.05) is 6.07 Å². The van der Waals surface area contributed by atoms with Gasteiger partial charge in [0.25, 0.3) is 0 Å². The summed E-state index contributed by atoms with van der Waals surface area (Å²) in [6.45, 7) is 8.26. The van der Waals surface area contributed by atoms with E-state index in [9.17, 15) is 4.79 Å². The molecule has 0 fully saturated rings. The predicted molar refractivity (Wildman–Crippen MR) is 96.6 cm³/mol. The van der Waals surface area contributed by atoms with Crippen molar-refractivity contribution in [1.82, 2.24) is 25.2 Å². The Kier molecular flexibility index (Phi) is 6.14. The quantitative estimate of drug-likeness (QED) is 0.808. The number of urea groups is 1. The molecule has 7 nitrogen and oxygen atoms in total. The van der Waals surface area contributed by atoms with Crippen molar-refractivity contribution in [3.63, 3.8) is 0 Å². The van der Waals surface area contributed by atoms with Crippen molar-refractivity contribution in [1.29, 1.82) is 0 Å². The third-order valence-electron chi connectivity index (χ3n) is 4.09. The number of methoxy groups -OCH3 is 1. The highest BCUT2D eigenvalue weighted by Gasteiger charge is 2.21. The van der Waals surface area contributed by atoms with Crippen molar-refractivity contribution in [2.45, 2.75) is 52.3 Å². The maximum absolute atomic E-state index is 12.2. The minimum absolute atomic E-state index is 0.000730. The van der Waals surface area contributed by atoms with Crippen molar-refractivity contribution in [3.8, 4) is 5.82 Å². The van der Waals surface area contributed by atoms with Crippen LogP contribution in [0.1, 0.15) is 38.6 Å². The molecule has 0 saturated heterocycles. The molecule has 1 atom stereocenters. The summed E-state index contributed by atoms with van der Waals surface area (Å²) in [4.78, 5) is 20.8. The van der Waals surface area contributed by atoms with Gasteiger partial charge in [0.15, 0.2) is 0 Å². The first-order chi connectivity index (χ1) is 11.8. The summed E-state index contributed by atoms with van der Waals surface area (Å²) in [5.74, 6) is 1.62. The van der Waals surface area contributed by atoms with E-state index in [4.69, 9.17) is 4.74 Å². The van der Waals surface area contributed by atoms with Gasteiger partial charge >= 0.3 is 6.03 Å². The number of aryl methyl sites for hydroxylation is 1. The number of carbonyl (C=O) groups is 1. The number of amides is 2. The average Bonchev–Trinajstić information content (AvgIpc) is 2.98. The Morgan fingerprint density at radius 2 is 2.12 bits per heavy atom. The summed E-state index contributed by atoms with van der Waals surface area (Å²) in [5, 5.41) is 5.83. The summed E-state index contributed by atoms with van der Waals surface area (Å²) < 4.78 is 7.30. The van der Waals surface area contributed by atoms with E-state index in [0.717, 1.165) is 23.6 Å². The first-order valence-corrected chi connectivity index (χ1v) is 8.36. The molecule has 2 heterocycles. The largest absolute Gasteiger partial charge is 0.379 e. The smallest absolute Gasteiger partial charge is 0.315 e. The SMILES string of the molecule is COC(C)(C)CC(C)NC(=O)NCc1cccnc1-n1ccnc1C. The minimum Gasteiger partial charge on any atom is -0.379 e. The lowest BCUT2D eigenvalue weighted by Gasteiger charge is -2.27. The fourth-order valence-electron chi connectivity index (χ4n) is 2.71. The van der Waals surface area contributed by atoms with Crippen LogP contribution in [0.25, 0.3) is 5.82 Å². The van der Waals surface area contributed by atoms with Crippen LogP contribution in [0.5, 0.6) is 0 Å². The Morgan fingerprint density at radius 1 is 1.36 bits per heavy atom. The van der Waals surface area contributed by atoms with E-state index in [1.54, 1.807) is 19.5 Å². The Hall–Kier alpha value is -2.41. The lowest BCUT2D eigenvalue weighted by Crippen LogP contribution is -2.43. The second-order valence-corrected chi connectivity index (χ2v) is 6.73. The molecular formula is C18H27N5O2. The fraction of sp³-hybridized carbons (Fsp3) is 0.500. The van der Waals surface area contributed by atoms with Gasteiger partial charge in [-0.2, -0.15) is 0 Å². The molecule has 2 rings (SSSR count). The van der Waals surface area contributed by atoms with Gasteiger partial charge in [0.2, 0.25) is 0 Å². The lowest BCUT2D eigenvalue weighted by atomic mass is 10.00. The molecule has 0 aliphatic carbocycles. The van der Waals surface area contributed by atoms with E-state index in [2.05, 4.69) is 20.6 Å². The van der Waals surface area contributed by atoms with Gasteiger partial charge in [-0.25, -0.2) is 14.8 Å². The van der Waals surface area contributed by atoms with E-state index in [0.29, 0.717) is 6.54 Å². The van der Waals surface area contributed by atoms with Crippen molar-refractivity contribution < 1.29 is 9.53 Å². The van der Waals surface area contributed by atoms with Crippen molar-refractivity contribution in [2.75, 3.05) is 7.11 Å². The number of hydrogen-bond donors (Lipinski definition) is 2. The standard InChI is InChI=1S/C18H27N5O2/c1-13(11-18(3,4)25-5)22-17(24)21-12-15-7-6-8-20-16(15)23-10-9-19-14(23)2/h6-10,13H,11-12H2,1-5H3,(H2,21,22,24). The van der Waals surface area contributed by atoms with Crippen LogP contribution in [-0.4, -0.2) is 39.3 Å². The number of aromatic nitrogens is 3. The van der Waals surface area contributed by atoms with Crippen LogP contribution in [0.3, 0.4) is 0 Å². The Morgan fingerprint density at radius 3 is 2.76 bits per heavy atom. The molecule has 0 aliphatic heterocycles. The fourth-order valence-corrected chi connectivity index (χ4v) is 2.71. The van der Waals surface area contributed by atoms with Crippen molar-refractivity contribution in [3.05, 3.63) is 42.1 Å². The number of rotatable bonds is 7. The molecule has 0 bridgehead atoms. The summed E-state index contributed by atoms with van der Waals surface area (Å²) in [6.07, 6.45) is 6.04. The number of carbonyl (C=O) groups excluding carboxylic acids is 1. The third-order valence-corrected chi connectivity index (χ3v) is 4.09. The monoisotopic (exact) mass is 345 g/mol. The second-order valence-electron chi connectivity index (χ2n) is 6.73. The normalized spacial score (nSPS) is 12.7. The van der Waals surface area contributed by atoms with Gasteiger partial charge in [0, 0.05) is 43.9 Å². The Balaban J connectivity index is 1.96. The topological polar surface area (TPSA) is 81.1 Å². The molecule has 136 valence electrons. The van der Waals surface area contributed by atoms with Crippen LogP contribution < -0.4 is 10.6 Å². The second kappa shape index (κ2) is 8.11. The molecule has 2 aromatic heterocycles. The molecule has 7 heteroatoms. The van der Waals surface area contributed by atoms with Crippen LogP contribution in [0, 0.1) is 6.92 Å². The summed E-state index contributed by atoms with van der Waals surface area (Å²) in [5.41, 5.74) is 0.644. The number of hydrogen-bond acceptors (Lipinski definition) is 4. The van der Waals surface area contributed by atoms with E-state index in [1.165, 1.54) is 0 Å². The first-order valence-electron chi connectivity index (χ1n) is 8.36. The maximum Gasteiger partial charge on any atom is 0.315 e. The molecule has 0 aliphatic rings. The zero-order valence-corrected chi connectivity index (χ0v) is 15.5. The van der Waals surface area contributed by atoms with Crippen LogP contribution in [-0.2, 0) is 11.3 Å². The highest BCUT2D eigenvalue weighted by Crippen LogP contribution is 2.15. The molecule has 0 spiro atoms. The van der Waals surface area contributed by atoms with Crippen molar-refractivity contribution in [2.24, 2.45) is 0 Å². The van der Waals surface area contributed by atoms with Gasteiger partial charge < -0.3 is 15.4 Å². The van der Waals surface area contributed by atoms with Gasteiger partial charge in [-0.05, 0) is 40.2 Å². The van der Waals surface area contributed by atoms with Crippen molar-refractivity contribution >= 4 is 6.03 Å². The van der Waals surface area contributed by atoms with E-state index in [1.807, 2.05) is 50.6 Å². The van der Waals surface area contributed by atoms with Gasteiger partial charge in [-0.15, -0.1) is 0 Å². The molecule has 2 aromatic rings.